The third kappa shape index (κ3) is 4.87. The number of hydrogen-bond donors (Lipinski definition) is 2. The van der Waals surface area contributed by atoms with E-state index in [4.69, 9.17) is 0 Å². The minimum atomic E-state index is -3.71. The van der Waals surface area contributed by atoms with Gasteiger partial charge in [0.25, 0.3) is 11.8 Å². The number of hydrogen-bond acceptors (Lipinski definition) is 5. The highest BCUT2D eigenvalue weighted by molar-refractivity contribution is 7.89. The summed E-state index contributed by atoms with van der Waals surface area (Å²) in [4.78, 5) is 25.0. The van der Waals surface area contributed by atoms with Gasteiger partial charge in [-0.05, 0) is 43.3 Å². The van der Waals surface area contributed by atoms with Crippen molar-refractivity contribution < 1.29 is 18.0 Å². The van der Waals surface area contributed by atoms with Crippen LogP contribution in [0.15, 0.2) is 65.6 Å². The highest BCUT2D eigenvalue weighted by Gasteiger charge is 2.23. The topological polar surface area (TPSA) is 113 Å². The lowest BCUT2D eigenvalue weighted by Crippen LogP contribution is -2.42. The Morgan fingerprint density at radius 2 is 1.59 bits per heavy atom. The molecule has 0 bridgehead atoms. The lowest BCUT2D eigenvalue weighted by Gasteiger charge is -2.18. The smallest absolute Gasteiger partial charge is 0.267 e. The molecule has 2 N–H and O–H groups in total. The minimum Gasteiger partial charge on any atom is -0.267 e. The molecule has 0 spiro atoms. The summed E-state index contributed by atoms with van der Waals surface area (Å²) in [6, 6.07) is 16.6. The average molecular weight is 456 g/mol. The second-order valence-electron chi connectivity index (χ2n) is 6.94. The number of carbonyl (C=O) groups excluding carboxylic acids is 2. The van der Waals surface area contributed by atoms with E-state index in [1.165, 1.54) is 28.6 Å². The van der Waals surface area contributed by atoms with Crippen molar-refractivity contribution in [3.63, 3.8) is 0 Å². The molecule has 3 aromatic rings. The molecule has 1 heterocycles. The number of aryl methyl sites for hydroxylation is 1. The van der Waals surface area contributed by atoms with Crippen LogP contribution in [0.1, 0.15) is 40.4 Å². The van der Waals surface area contributed by atoms with Gasteiger partial charge in [0.2, 0.25) is 10.0 Å². The van der Waals surface area contributed by atoms with E-state index in [2.05, 4.69) is 16.0 Å². The summed E-state index contributed by atoms with van der Waals surface area (Å²) >= 11 is 0. The highest BCUT2D eigenvalue weighted by atomic mass is 32.2. The fourth-order valence-electron chi connectivity index (χ4n) is 3.18. The third-order valence-electron chi connectivity index (χ3n) is 4.85. The minimum absolute atomic E-state index is 0.0115. The van der Waals surface area contributed by atoms with Crippen molar-refractivity contribution in [2.75, 3.05) is 13.1 Å². The van der Waals surface area contributed by atoms with E-state index in [9.17, 15) is 18.0 Å². The maximum Gasteiger partial charge on any atom is 0.290 e. The normalized spacial score (nSPS) is 11.4. The number of para-hydroxylation sites is 1. The molecule has 0 radical (unpaired) electrons. The zero-order chi connectivity index (χ0) is 23.3. The van der Waals surface area contributed by atoms with Crippen molar-refractivity contribution in [3.05, 3.63) is 77.6 Å². The highest BCUT2D eigenvalue weighted by Crippen LogP contribution is 2.17. The van der Waals surface area contributed by atoms with Gasteiger partial charge in [0, 0.05) is 24.3 Å². The predicted molar refractivity (Wildman–Crippen MR) is 120 cm³/mol. The summed E-state index contributed by atoms with van der Waals surface area (Å²) in [6.07, 6.45) is 0. The molecule has 0 saturated carbocycles. The molecular formula is C22H25N5O4S. The van der Waals surface area contributed by atoms with Crippen LogP contribution in [-0.4, -0.2) is 47.4 Å². The summed E-state index contributed by atoms with van der Waals surface area (Å²) in [6.45, 7) is 5.94. The van der Waals surface area contributed by atoms with Gasteiger partial charge in [0.1, 0.15) is 0 Å². The summed E-state index contributed by atoms with van der Waals surface area (Å²) in [5.74, 6) is -1.24. The van der Waals surface area contributed by atoms with E-state index in [-0.39, 0.29) is 16.2 Å². The molecule has 168 valence electrons. The number of sulfonamides is 1. The molecule has 3 rings (SSSR count). The van der Waals surface area contributed by atoms with E-state index in [0.717, 1.165) is 11.4 Å². The lowest BCUT2D eigenvalue weighted by molar-refractivity contribution is 0.0843. The van der Waals surface area contributed by atoms with Crippen molar-refractivity contribution in [3.8, 4) is 5.69 Å². The number of carbonyl (C=O) groups is 2. The van der Waals surface area contributed by atoms with E-state index in [1.807, 2.05) is 37.3 Å². The van der Waals surface area contributed by atoms with Gasteiger partial charge >= 0.3 is 0 Å². The van der Waals surface area contributed by atoms with Crippen LogP contribution in [0.2, 0.25) is 0 Å². The molecule has 0 aliphatic rings. The van der Waals surface area contributed by atoms with Gasteiger partial charge in [-0.3, -0.25) is 20.4 Å². The summed E-state index contributed by atoms with van der Waals surface area (Å²) in [5.41, 5.74) is 6.41. The average Bonchev–Trinajstić information content (AvgIpc) is 3.20. The number of amides is 2. The predicted octanol–water partition coefficient (Wildman–Crippen LogP) is 2.29. The number of rotatable bonds is 7. The van der Waals surface area contributed by atoms with Crippen LogP contribution in [0.3, 0.4) is 0 Å². The van der Waals surface area contributed by atoms with Crippen LogP contribution >= 0.6 is 0 Å². The summed E-state index contributed by atoms with van der Waals surface area (Å²) in [7, 11) is -3.71. The molecule has 0 aliphatic carbocycles. The maximum absolute atomic E-state index is 12.7. The van der Waals surface area contributed by atoms with Gasteiger partial charge in [-0.2, -0.15) is 9.40 Å². The van der Waals surface area contributed by atoms with E-state index < -0.39 is 21.8 Å². The quantitative estimate of drug-likeness (QED) is 0.531. The molecule has 0 saturated heterocycles. The van der Waals surface area contributed by atoms with Crippen LogP contribution in [0.25, 0.3) is 5.69 Å². The lowest BCUT2D eigenvalue weighted by atomic mass is 10.2. The van der Waals surface area contributed by atoms with Crippen LogP contribution < -0.4 is 10.9 Å². The van der Waals surface area contributed by atoms with Crippen LogP contribution in [-0.2, 0) is 10.0 Å². The fourth-order valence-corrected chi connectivity index (χ4v) is 4.68. The Bertz CT molecular complexity index is 1220. The summed E-state index contributed by atoms with van der Waals surface area (Å²) < 4.78 is 28.3. The first-order chi connectivity index (χ1) is 15.3. The Hall–Kier alpha value is -3.50. The zero-order valence-corrected chi connectivity index (χ0v) is 18.9. The first-order valence-electron chi connectivity index (χ1n) is 10.1. The van der Waals surface area contributed by atoms with Gasteiger partial charge < -0.3 is 0 Å². The van der Waals surface area contributed by atoms with Crippen molar-refractivity contribution in [2.45, 2.75) is 25.7 Å². The van der Waals surface area contributed by atoms with Gasteiger partial charge in [0.15, 0.2) is 5.69 Å². The maximum atomic E-state index is 12.7. The molecule has 0 atom stereocenters. The van der Waals surface area contributed by atoms with Crippen molar-refractivity contribution in [2.24, 2.45) is 0 Å². The standard InChI is InChI=1S/C22H25N5O4S/c1-4-26(5-2)32(30,31)19-13-9-10-17(15-19)21(28)23-24-22(29)20-14-16(3)27(25-20)18-11-7-6-8-12-18/h6-15H,4-5H2,1-3H3,(H,23,28)(H,24,29). The Kier molecular flexibility index (Phi) is 7.06. The Balaban J connectivity index is 1.71. The van der Waals surface area contributed by atoms with E-state index >= 15 is 0 Å². The van der Waals surface area contributed by atoms with Crippen LogP contribution in [0, 0.1) is 6.92 Å². The van der Waals surface area contributed by atoms with Gasteiger partial charge in [-0.25, -0.2) is 13.1 Å². The molecule has 0 fully saturated rings. The van der Waals surface area contributed by atoms with E-state index in [0.29, 0.717) is 13.1 Å². The second kappa shape index (κ2) is 9.75. The molecule has 1 aromatic heterocycles. The molecular weight excluding hydrogens is 430 g/mol. The first-order valence-corrected chi connectivity index (χ1v) is 11.5. The number of benzene rings is 2. The Labute approximate surface area is 187 Å². The van der Waals surface area contributed by atoms with Crippen molar-refractivity contribution in [1.29, 1.82) is 0 Å². The van der Waals surface area contributed by atoms with Gasteiger partial charge in [0.05, 0.1) is 10.6 Å². The SMILES string of the molecule is CCN(CC)S(=O)(=O)c1cccc(C(=O)NNC(=O)c2cc(C)n(-c3ccccc3)n2)c1. The second-order valence-corrected chi connectivity index (χ2v) is 8.88. The number of aromatic nitrogens is 2. The monoisotopic (exact) mass is 455 g/mol. The molecule has 10 heteroatoms. The molecule has 2 aromatic carbocycles. The largest absolute Gasteiger partial charge is 0.290 e. The molecule has 2 amide bonds. The van der Waals surface area contributed by atoms with Crippen LogP contribution in [0.5, 0.6) is 0 Å². The Morgan fingerprint density at radius 1 is 0.938 bits per heavy atom. The van der Waals surface area contributed by atoms with Gasteiger partial charge in [-0.15, -0.1) is 0 Å². The van der Waals surface area contributed by atoms with Crippen molar-refractivity contribution >= 4 is 21.8 Å². The third-order valence-corrected chi connectivity index (χ3v) is 6.90. The molecule has 0 unspecified atom stereocenters. The Morgan fingerprint density at radius 3 is 2.25 bits per heavy atom. The molecule has 32 heavy (non-hydrogen) atoms. The van der Waals surface area contributed by atoms with E-state index in [1.54, 1.807) is 24.6 Å². The van der Waals surface area contributed by atoms with Gasteiger partial charge in [-0.1, -0.05) is 38.1 Å². The number of nitrogens with zero attached hydrogens (tertiary/aromatic N) is 3. The fraction of sp³-hybridized carbons (Fsp3) is 0.227. The summed E-state index contributed by atoms with van der Waals surface area (Å²) in [5, 5.41) is 4.28. The molecule has 9 nitrogen and oxygen atoms in total. The number of hydrazine groups is 1. The van der Waals surface area contributed by atoms with Crippen LogP contribution in [0.4, 0.5) is 0 Å². The zero-order valence-electron chi connectivity index (χ0n) is 18.1. The number of nitrogens with one attached hydrogen (secondary N) is 2. The molecule has 0 aliphatic heterocycles. The first kappa shape index (κ1) is 23.2. The van der Waals surface area contributed by atoms with Crippen molar-refractivity contribution in [1.82, 2.24) is 24.9 Å².